The summed E-state index contributed by atoms with van der Waals surface area (Å²) in [5.74, 6) is 0.102. The summed E-state index contributed by atoms with van der Waals surface area (Å²) in [5, 5.41) is 9.96. The van der Waals surface area contributed by atoms with Crippen molar-refractivity contribution in [1.29, 1.82) is 0 Å². The number of sulfone groups is 1. The van der Waals surface area contributed by atoms with Gasteiger partial charge in [0.1, 0.15) is 0 Å². The summed E-state index contributed by atoms with van der Waals surface area (Å²) in [5.41, 5.74) is 1.17. The van der Waals surface area contributed by atoms with Crippen LogP contribution in [-0.2, 0) is 9.84 Å². The van der Waals surface area contributed by atoms with Crippen LogP contribution in [0.15, 0.2) is 64.4 Å². The zero-order chi connectivity index (χ0) is 15.3. The van der Waals surface area contributed by atoms with Gasteiger partial charge in [0.2, 0.25) is 0 Å². The maximum absolute atomic E-state index is 12.1. The lowest BCUT2D eigenvalue weighted by Crippen LogP contribution is -2.23. The van der Waals surface area contributed by atoms with Gasteiger partial charge in [0, 0.05) is 10.6 Å². The number of rotatable bonds is 6. The molecular weight excluding hydrogens is 304 g/mol. The number of aliphatic hydroxyl groups excluding tert-OH is 1. The van der Waals surface area contributed by atoms with Crippen molar-refractivity contribution in [2.75, 3.05) is 11.5 Å². The molecule has 0 radical (unpaired) electrons. The van der Waals surface area contributed by atoms with E-state index in [9.17, 15) is 13.5 Å². The highest BCUT2D eigenvalue weighted by Crippen LogP contribution is 2.20. The minimum atomic E-state index is -3.43. The number of aliphatic hydroxyl groups is 1. The second kappa shape index (κ2) is 7.11. The van der Waals surface area contributed by atoms with Gasteiger partial charge in [-0.15, -0.1) is 11.8 Å². The van der Waals surface area contributed by atoms with Gasteiger partial charge in [-0.05, 0) is 31.2 Å². The van der Waals surface area contributed by atoms with Crippen LogP contribution in [0, 0.1) is 6.92 Å². The predicted molar refractivity (Wildman–Crippen MR) is 86.4 cm³/mol. The molecule has 0 bridgehead atoms. The molecule has 0 fully saturated rings. The van der Waals surface area contributed by atoms with Crippen molar-refractivity contribution in [3.05, 3.63) is 60.2 Å². The first kappa shape index (κ1) is 16.1. The van der Waals surface area contributed by atoms with E-state index < -0.39 is 15.9 Å². The molecule has 5 heteroatoms. The van der Waals surface area contributed by atoms with Crippen LogP contribution in [0.4, 0.5) is 0 Å². The molecule has 0 amide bonds. The maximum Gasteiger partial charge on any atom is 0.180 e. The molecule has 0 aliphatic rings. The first-order chi connectivity index (χ1) is 9.97. The van der Waals surface area contributed by atoms with Gasteiger partial charge in [-0.25, -0.2) is 8.42 Å². The minimum absolute atomic E-state index is 0.254. The molecule has 0 aliphatic carbocycles. The quantitative estimate of drug-likeness (QED) is 0.831. The van der Waals surface area contributed by atoms with Gasteiger partial charge in [0.15, 0.2) is 9.84 Å². The third kappa shape index (κ3) is 4.88. The fourth-order valence-corrected chi connectivity index (χ4v) is 4.22. The standard InChI is InChI=1S/C16H18O3S2/c1-13-7-9-15(10-8-13)20-11-14(17)12-21(18,19)16-5-3-2-4-6-16/h2-10,14,17H,11-12H2,1H3/t14-/m1/s1. The maximum atomic E-state index is 12.1. The molecule has 1 atom stereocenters. The Morgan fingerprint density at radius 1 is 1.05 bits per heavy atom. The Morgan fingerprint density at radius 2 is 1.67 bits per heavy atom. The van der Waals surface area contributed by atoms with Gasteiger partial charge in [-0.2, -0.15) is 0 Å². The largest absolute Gasteiger partial charge is 0.391 e. The van der Waals surface area contributed by atoms with Crippen LogP contribution in [-0.4, -0.2) is 31.1 Å². The van der Waals surface area contributed by atoms with E-state index in [2.05, 4.69) is 0 Å². The second-order valence-electron chi connectivity index (χ2n) is 4.87. The Morgan fingerprint density at radius 3 is 2.29 bits per heavy atom. The average Bonchev–Trinajstić information content (AvgIpc) is 2.47. The van der Waals surface area contributed by atoms with Crippen LogP contribution in [0.2, 0.25) is 0 Å². The third-order valence-corrected chi connectivity index (χ3v) is 5.95. The zero-order valence-corrected chi connectivity index (χ0v) is 13.4. The van der Waals surface area contributed by atoms with Gasteiger partial charge in [-0.3, -0.25) is 0 Å². The van der Waals surface area contributed by atoms with Crippen molar-refractivity contribution in [1.82, 2.24) is 0 Å². The van der Waals surface area contributed by atoms with Crippen LogP contribution in [0.1, 0.15) is 5.56 Å². The van der Waals surface area contributed by atoms with E-state index in [-0.39, 0.29) is 10.6 Å². The van der Waals surface area contributed by atoms with E-state index >= 15 is 0 Å². The predicted octanol–water partition coefficient (Wildman–Crippen LogP) is 2.92. The average molecular weight is 322 g/mol. The lowest BCUT2D eigenvalue weighted by Gasteiger charge is -2.11. The molecule has 0 saturated carbocycles. The van der Waals surface area contributed by atoms with Crippen LogP contribution in [0.25, 0.3) is 0 Å². The zero-order valence-electron chi connectivity index (χ0n) is 11.8. The molecule has 0 aromatic heterocycles. The molecule has 3 nitrogen and oxygen atoms in total. The van der Waals surface area contributed by atoms with Gasteiger partial charge in [0.05, 0.1) is 16.8 Å². The van der Waals surface area contributed by atoms with Crippen molar-refractivity contribution in [3.8, 4) is 0 Å². The van der Waals surface area contributed by atoms with Crippen molar-refractivity contribution in [2.45, 2.75) is 22.8 Å². The van der Waals surface area contributed by atoms with E-state index in [1.165, 1.54) is 17.3 Å². The number of thioether (sulfide) groups is 1. The lowest BCUT2D eigenvalue weighted by atomic mass is 10.2. The van der Waals surface area contributed by atoms with Crippen molar-refractivity contribution < 1.29 is 13.5 Å². The normalized spacial score (nSPS) is 13.0. The van der Waals surface area contributed by atoms with Crippen LogP contribution in [0.3, 0.4) is 0 Å². The van der Waals surface area contributed by atoms with E-state index in [1.54, 1.807) is 30.3 Å². The number of hydrogen-bond donors (Lipinski definition) is 1. The monoisotopic (exact) mass is 322 g/mol. The van der Waals surface area contributed by atoms with Crippen LogP contribution in [0.5, 0.6) is 0 Å². The Hall–Kier alpha value is -1.30. The highest BCUT2D eigenvalue weighted by molar-refractivity contribution is 7.99. The highest BCUT2D eigenvalue weighted by atomic mass is 32.2. The molecule has 112 valence electrons. The van der Waals surface area contributed by atoms with Gasteiger partial charge < -0.3 is 5.11 Å². The molecule has 1 N–H and O–H groups in total. The molecule has 0 unspecified atom stereocenters. The molecule has 0 aliphatic heterocycles. The molecule has 2 aromatic carbocycles. The summed E-state index contributed by atoms with van der Waals surface area (Å²) in [6, 6.07) is 16.2. The molecule has 0 saturated heterocycles. The van der Waals surface area contributed by atoms with Crippen molar-refractivity contribution in [3.63, 3.8) is 0 Å². The smallest absolute Gasteiger partial charge is 0.180 e. The van der Waals surface area contributed by atoms with Gasteiger partial charge >= 0.3 is 0 Å². The van der Waals surface area contributed by atoms with Gasteiger partial charge in [-0.1, -0.05) is 35.9 Å². The van der Waals surface area contributed by atoms with Crippen molar-refractivity contribution >= 4 is 21.6 Å². The Bertz CT molecular complexity index is 664. The van der Waals surface area contributed by atoms with E-state index in [0.717, 1.165) is 4.90 Å². The fourth-order valence-electron chi connectivity index (χ4n) is 1.85. The molecule has 21 heavy (non-hydrogen) atoms. The summed E-state index contributed by atoms with van der Waals surface area (Å²) in [6.45, 7) is 2.01. The Labute approximate surface area is 129 Å². The number of benzene rings is 2. The topological polar surface area (TPSA) is 54.4 Å². The van der Waals surface area contributed by atoms with E-state index in [0.29, 0.717) is 5.75 Å². The summed E-state index contributed by atoms with van der Waals surface area (Å²) < 4.78 is 24.3. The lowest BCUT2D eigenvalue weighted by molar-refractivity contribution is 0.222. The SMILES string of the molecule is Cc1ccc(SC[C@@H](O)CS(=O)(=O)c2ccccc2)cc1. The third-order valence-electron chi connectivity index (χ3n) is 2.98. The highest BCUT2D eigenvalue weighted by Gasteiger charge is 2.19. The first-order valence-electron chi connectivity index (χ1n) is 6.63. The van der Waals surface area contributed by atoms with E-state index in [4.69, 9.17) is 0 Å². The fraction of sp³-hybridized carbons (Fsp3) is 0.250. The minimum Gasteiger partial charge on any atom is -0.391 e. The first-order valence-corrected chi connectivity index (χ1v) is 9.26. The molecular formula is C16H18O3S2. The van der Waals surface area contributed by atoms with Crippen molar-refractivity contribution in [2.24, 2.45) is 0 Å². The number of hydrogen-bond acceptors (Lipinski definition) is 4. The Balaban J connectivity index is 1.92. The van der Waals surface area contributed by atoms with E-state index in [1.807, 2.05) is 31.2 Å². The molecule has 2 rings (SSSR count). The summed E-state index contributed by atoms with van der Waals surface area (Å²) in [7, 11) is -3.43. The van der Waals surface area contributed by atoms with Crippen LogP contribution < -0.4 is 0 Å². The second-order valence-corrected chi connectivity index (χ2v) is 8.00. The summed E-state index contributed by atoms with van der Waals surface area (Å²) >= 11 is 1.46. The summed E-state index contributed by atoms with van der Waals surface area (Å²) in [6.07, 6.45) is -0.887. The Kier molecular flexibility index (Phi) is 5.45. The van der Waals surface area contributed by atoms with Gasteiger partial charge in [0.25, 0.3) is 0 Å². The number of aryl methyl sites for hydroxylation is 1. The molecule has 0 spiro atoms. The molecule has 2 aromatic rings. The summed E-state index contributed by atoms with van der Waals surface area (Å²) in [4.78, 5) is 1.28. The van der Waals surface area contributed by atoms with Crippen LogP contribution >= 0.6 is 11.8 Å². The molecule has 0 heterocycles.